The smallest absolute Gasteiger partial charge is 0.387 e. The third-order valence-electron chi connectivity index (χ3n) is 2.93. The lowest BCUT2D eigenvalue weighted by molar-refractivity contribution is -0.0507. The Labute approximate surface area is 130 Å². The topological polar surface area (TPSA) is 92.3 Å². The van der Waals surface area contributed by atoms with Crippen molar-refractivity contribution in [3.8, 4) is 5.75 Å². The summed E-state index contributed by atoms with van der Waals surface area (Å²) < 4.78 is 29.1. The number of halogens is 2. The summed E-state index contributed by atoms with van der Waals surface area (Å²) >= 11 is 0. The number of alkyl halides is 2. The fraction of sp³-hybridized carbons (Fsp3) is 0.286. The maximum atomic E-state index is 12.3. The second-order valence-corrected chi connectivity index (χ2v) is 4.82. The van der Waals surface area contributed by atoms with Crippen molar-refractivity contribution in [1.29, 1.82) is 0 Å². The zero-order valence-electron chi connectivity index (χ0n) is 12.7. The number of ether oxygens (including phenoxy) is 1. The van der Waals surface area contributed by atoms with Crippen LogP contribution in [-0.2, 0) is 0 Å². The molecule has 0 aliphatic heterocycles. The molecule has 0 radical (unpaired) electrons. The number of anilines is 1. The van der Waals surface area contributed by atoms with E-state index in [4.69, 9.17) is 0 Å². The molecule has 0 spiro atoms. The molecule has 2 rings (SSSR count). The molecule has 2 N–H and O–H groups in total. The monoisotopic (exact) mass is 323 g/mol. The molecular weight excluding hydrogens is 308 g/mol. The van der Waals surface area contributed by atoms with E-state index in [1.807, 2.05) is 0 Å². The lowest BCUT2D eigenvalue weighted by Crippen LogP contribution is -2.15. The van der Waals surface area contributed by atoms with Gasteiger partial charge in [0.15, 0.2) is 0 Å². The van der Waals surface area contributed by atoms with Crippen molar-refractivity contribution in [2.45, 2.75) is 27.4 Å². The predicted octanol–water partition coefficient (Wildman–Crippen LogP) is 2.14. The largest absolute Gasteiger partial charge is 0.434 e. The van der Waals surface area contributed by atoms with Crippen molar-refractivity contribution in [2.75, 3.05) is 5.43 Å². The van der Waals surface area contributed by atoms with E-state index in [0.29, 0.717) is 16.7 Å². The quantitative estimate of drug-likeness (QED) is 0.649. The second-order valence-electron chi connectivity index (χ2n) is 4.82. The van der Waals surface area contributed by atoms with Crippen LogP contribution in [0.5, 0.6) is 5.75 Å². The number of rotatable bonds is 5. The van der Waals surface area contributed by atoms with E-state index < -0.39 is 6.61 Å². The highest BCUT2D eigenvalue weighted by Crippen LogP contribution is 2.25. The molecule has 0 saturated heterocycles. The maximum Gasteiger partial charge on any atom is 0.387 e. The Hall–Kier alpha value is -2.84. The minimum atomic E-state index is -2.87. The molecular formula is C14H15F2N5O2. The van der Waals surface area contributed by atoms with Gasteiger partial charge in [0.05, 0.1) is 6.21 Å². The van der Waals surface area contributed by atoms with E-state index in [0.717, 1.165) is 0 Å². The summed E-state index contributed by atoms with van der Waals surface area (Å²) in [5, 5.41) is 11.3. The van der Waals surface area contributed by atoms with Gasteiger partial charge in [-0.2, -0.15) is 13.9 Å². The van der Waals surface area contributed by atoms with Crippen LogP contribution in [0.25, 0.3) is 0 Å². The number of aromatic nitrogens is 3. The third-order valence-corrected chi connectivity index (χ3v) is 2.93. The fourth-order valence-electron chi connectivity index (χ4n) is 1.94. The molecule has 2 aromatic rings. The van der Waals surface area contributed by atoms with Crippen LogP contribution in [-0.4, -0.2) is 28.0 Å². The van der Waals surface area contributed by atoms with Crippen LogP contribution in [0, 0.1) is 20.8 Å². The number of nitrogens with zero attached hydrogens (tertiary/aromatic N) is 3. The van der Waals surface area contributed by atoms with Crippen LogP contribution in [0.1, 0.15) is 22.4 Å². The molecule has 1 aromatic heterocycles. The maximum absolute atomic E-state index is 12.3. The standard InChI is InChI=1S/C14H15F2N5O2/c1-7-4-10(5-8(2)11(7)23-13(15)16)6-17-20-14-18-12(22)9(3)19-21-14/h4-6,13H,1-3H3,(H2,18,20,21,22)/b17-6-. The first-order valence-electron chi connectivity index (χ1n) is 6.65. The summed E-state index contributed by atoms with van der Waals surface area (Å²) in [7, 11) is 0. The molecule has 122 valence electrons. The van der Waals surface area contributed by atoms with E-state index in [9.17, 15) is 13.6 Å². The van der Waals surface area contributed by atoms with Crippen LogP contribution < -0.4 is 15.7 Å². The summed E-state index contributed by atoms with van der Waals surface area (Å²) in [6.45, 7) is 2.00. The van der Waals surface area contributed by atoms with Gasteiger partial charge in [0.1, 0.15) is 11.4 Å². The minimum absolute atomic E-state index is 0.1000. The number of aryl methyl sites for hydroxylation is 3. The molecule has 7 nitrogen and oxygen atoms in total. The van der Waals surface area contributed by atoms with Crippen molar-refractivity contribution in [1.82, 2.24) is 15.2 Å². The van der Waals surface area contributed by atoms with Crippen molar-refractivity contribution in [2.24, 2.45) is 5.10 Å². The van der Waals surface area contributed by atoms with E-state index in [1.54, 1.807) is 26.0 Å². The molecule has 0 amide bonds. The summed E-state index contributed by atoms with van der Waals surface area (Å²) in [6.07, 6.45) is 1.46. The van der Waals surface area contributed by atoms with Crippen LogP contribution >= 0.6 is 0 Å². The van der Waals surface area contributed by atoms with Crippen LogP contribution in [0.2, 0.25) is 0 Å². The van der Waals surface area contributed by atoms with Gasteiger partial charge in [-0.15, -0.1) is 10.2 Å². The molecule has 9 heteroatoms. The van der Waals surface area contributed by atoms with Crippen molar-refractivity contribution in [3.63, 3.8) is 0 Å². The van der Waals surface area contributed by atoms with Gasteiger partial charge in [-0.1, -0.05) is 0 Å². The highest BCUT2D eigenvalue weighted by molar-refractivity contribution is 5.81. The SMILES string of the molecule is Cc1cc(/C=N\Nc2nnc(C)c(=O)[nH]2)cc(C)c1OC(F)F. The van der Waals surface area contributed by atoms with E-state index >= 15 is 0 Å². The first kappa shape index (κ1) is 16.5. The summed E-state index contributed by atoms with van der Waals surface area (Å²) in [5.41, 5.74) is 4.23. The molecule has 0 saturated carbocycles. The molecule has 0 fully saturated rings. The van der Waals surface area contributed by atoms with Crippen LogP contribution in [0.15, 0.2) is 22.0 Å². The van der Waals surface area contributed by atoms with E-state index in [2.05, 4.69) is 30.4 Å². The lowest BCUT2D eigenvalue weighted by Gasteiger charge is -2.11. The molecule has 1 heterocycles. The summed E-state index contributed by atoms with van der Waals surface area (Å²) in [4.78, 5) is 13.8. The molecule has 0 bridgehead atoms. The Morgan fingerprint density at radius 2 is 1.91 bits per heavy atom. The molecule has 0 atom stereocenters. The third kappa shape index (κ3) is 4.31. The van der Waals surface area contributed by atoms with Gasteiger partial charge in [-0.25, -0.2) is 5.43 Å². The second kappa shape index (κ2) is 6.95. The zero-order chi connectivity index (χ0) is 17.0. The molecule has 0 unspecified atom stereocenters. The van der Waals surface area contributed by atoms with E-state index in [-0.39, 0.29) is 23.0 Å². The Morgan fingerprint density at radius 1 is 1.26 bits per heavy atom. The normalized spacial score (nSPS) is 11.2. The van der Waals surface area contributed by atoms with Gasteiger partial charge in [0.2, 0.25) is 5.95 Å². The highest BCUT2D eigenvalue weighted by atomic mass is 19.3. The lowest BCUT2D eigenvalue weighted by atomic mass is 10.1. The van der Waals surface area contributed by atoms with Gasteiger partial charge in [0, 0.05) is 0 Å². The number of nitrogens with one attached hydrogen (secondary N) is 2. The fourth-order valence-corrected chi connectivity index (χ4v) is 1.94. The number of H-pyrrole nitrogens is 1. The first-order valence-corrected chi connectivity index (χ1v) is 6.65. The zero-order valence-corrected chi connectivity index (χ0v) is 12.7. The van der Waals surface area contributed by atoms with E-state index in [1.165, 1.54) is 13.1 Å². The molecule has 1 aromatic carbocycles. The number of hydrogen-bond donors (Lipinski definition) is 2. The number of benzene rings is 1. The summed E-state index contributed by atoms with van der Waals surface area (Å²) in [6, 6.07) is 3.30. The average Bonchev–Trinajstić information content (AvgIpc) is 2.46. The average molecular weight is 323 g/mol. The number of hydrogen-bond acceptors (Lipinski definition) is 6. The van der Waals surface area contributed by atoms with Crippen molar-refractivity contribution >= 4 is 12.2 Å². The number of aromatic amines is 1. The molecule has 23 heavy (non-hydrogen) atoms. The van der Waals surface area contributed by atoms with Gasteiger partial charge in [0.25, 0.3) is 5.56 Å². The van der Waals surface area contributed by atoms with Crippen LogP contribution in [0.3, 0.4) is 0 Å². The van der Waals surface area contributed by atoms with Gasteiger partial charge >= 0.3 is 6.61 Å². The highest BCUT2D eigenvalue weighted by Gasteiger charge is 2.11. The van der Waals surface area contributed by atoms with Gasteiger partial charge < -0.3 is 4.74 Å². The van der Waals surface area contributed by atoms with Crippen LogP contribution in [0.4, 0.5) is 14.7 Å². The first-order chi connectivity index (χ1) is 10.9. The van der Waals surface area contributed by atoms with Crippen molar-refractivity contribution < 1.29 is 13.5 Å². The summed E-state index contributed by atoms with van der Waals surface area (Å²) in [5.74, 6) is 0.252. The van der Waals surface area contributed by atoms with Gasteiger partial charge in [-0.05, 0) is 49.6 Å². The van der Waals surface area contributed by atoms with Gasteiger partial charge in [-0.3, -0.25) is 9.78 Å². The number of hydrazone groups is 1. The molecule has 0 aliphatic rings. The minimum Gasteiger partial charge on any atom is -0.434 e. The predicted molar refractivity (Wildman–Crippen MR) is 81.2 cm³/mol. The van der Waals surface area contributed by atoms with Crippen molar-refractivity contribution in [3.05, 3.63) is 44.9 Å². The Bertz CT molecular complexity index is 766. The Morgan fingerprint density at radius 3 is 2.48 bits per heavy atom. The Balaban J connectivity index is 2.13. The Kier molecular flexibility index (Phi) is 4.99. The molecule has 0 aliphatic carbocycles.